The Bertz CT molecular complexity index is 517. The van der Waals surface area contributed by atoms with Crippen molar-refractivity contribution >= 4 is 5.57 Å². The molecule has 0 heteroatoms. The highest BCUT2D eigenvalue weighted by Gasteiger charge is 2.13. The summed E-state index contributed by atoms with van der Waals surface area (Å²) in [4.78, 5) is 0. The summed E-state index contributed by atoms with van der Waals surface area (Å²) in [5, 5.41) is 0. The number of benzene rings is 1. The lowest BCUT2D eigenvalue weighted by molar-refractivity contribution is 0.517. The van der Waals surface area contributed by atoms with Gasteiger partial charge in [-0.2, -0.15) is 0 Å². The third-order valence-corrected chi connectivity index (χ3v) is 3.08. The third kappa shape index (κ3) is 3.10. The van der Waals surface area contributed by atoms with Crippen molar-refractivity contribution in [2.45, 2.75) is 20.8 Å². The van der Waals surface area contributed by atoms with Gasteiger partial charge in [-0.15, -0.1) is 0 Å². The van der Waals surface area contributed by atoms with Gasteiger partial charge in [0.15, 0.2) is 0 Å². The van der Waals surface area contributed by atoms with Gasteiger partial charge in [-0.1, -0.05) is 87.6 Å². The van der Waals surface area contributed by atoms with Crippen molar-refractivity contribution in [2.24, 2.45) is 5.41 Å². The molecule has 0 saturated heterocycles. The second kappa shape index (κ2) is 5.22. The molecule has 1 aliphatic rings. The fraction of sp³-hybridized carbons (Fsp3) is 0.222. The molecular weight excluding hydrogens is 216 g/mol. The van der Waals surface area contributed by atoms with E-state index in [0.717, 1.165) is 0 Å². The van der Waals surface area contributed by atoms with Crippen LogP contribution in [0.1, 0.15) is 26.3 Å². The Labute approximate surface area is 110 Å². The highest BCUT2D eigenvalue weighted by molar-refractivity contribution is 5.76. The van der Waals surface area contributed by atoms with E-state index >= 15 is 0 Å². The second-order valence-corrected chi connectivity index (χ2v) is 5.58. The van der Waals surface area contributed by atoms with Crippen molar-refractivity contribution in [3.63, 3.8) is 0 Å². The maximum absolute atomic E-state index is 2.24. The Hall–Kier alpha value is -1.82. The van der Waals surface area contributed by atoms with Crippen LogP contribution in [0.25, 0.3) is 5.57 Å². The van der Waals surface area contributed by atoms with Crippen LogP contribution in [0.3, 0.4) is 0 Å². The first-order valence-electron chi connectivity index (χ1n) is 6.40. The molecule has 92 valence electrons. The van der Waals surface area contributed by atoms with E-state index in [1.807, 2.05) is 6.07 Å². The van der Waals surface area contributed by atoms with Gasteiger partial charge in [0.05, 0.1) is 0 Å². The minimum absolute atomic E-state index is 0.181. The lowest BCUT2D eigenvalue weighted by atomic mass is 9.85. The van der Waals surface area contributed by atoms with Gasteiger partial charge >= 0.3 is 0 Å². The van der Waals surface area contributed by atoms with E-state index in [9.17, 15) is 0 Å². The largest absolute Gasteiger partial charge is 0.0622 e. The van der Waals surface area contributed by atoms with Crippen LogP contribution in [0.15, 0.2) is 72.4 Å². The highest BCUT2D eigenvalue weighted by atomic mass is 14.2. The third-order valence-electron chi connectivity index (χ3n) is 3.08. The predicted octanol–water partition coefficient (Wildman–Crippen LogP) is 5.17. The minimum atomic E-state index is 0.181. The Morgan fingerprint density at radius 1 is 0.778 bits per heavy atom. The zero-order chi connectivity index (χ0) is 13.0. The molecule has 0 aromatic heterocycles. The lowest BCUT2D eigenvalue weighted by Gasteiger charge is -2.20. The molecule has 0 fully saturated rings. The fourth-order valence-electron chi connectivity index (χ4n) is 1.93. The van der Waals surface area contributed by atoms with Crippen molar-refractivity contribution in [1.29, 1.82) is 0 Å². The summed E-state index contributed by atoms with van der Waals surface area (Å²) in [7, 11) is 0. The van der Waals surface area contributed by atoms with Gasteiger partial charge in [-0.3, -0.25) is 0 Å². The molecule has 0 atom stereocenters. The van der Waals surface area contributed by atoms with Crippen molar-refractivity contribution in [2.75, 3.05) is 0 Å². The van der Waals surface area contributed by atoms with Gasteiger partial charge < -0.3 is 0 Å². The Kier molecular flexibility index (Phi) is 3.66. The van der Waals surface area contributed by atoms with E-state index in [-0.39, 0.29) is 5.41 Å². The van der Waals surface area contributed by atoms with Crippen LogP contribution in [0.5, 0.6) is 0 Å². The molecule has 0 saturated carbocycles. The standard InChI is InChI=1S/C18H20/c1-18(2,3)17-12-8-7-11-16(13-14-17)15-9-5-4-6-10-15/h4-14H,1-3H3/b8-7?,11-7-,12-8-,14-13?,16-11?,16-13+,17-12?,17-14+. The van der Waals surface area contributed by atoms with Crippen molar-refractivity contribution in [3.05, 3.63) is 77.9 Å². The molecule has 0 N–H and O–H groups in total. The summed E-state index contributed by atoms with van der Waals surface area (Å²) >= 11 is 0. The molecule has 0 heterocycles. The summed E-state index contributed by atoms with van der Waals surface area (Å²) in [6.07, 6.45) is 13.0. The maximum atomic E-state index is 2.24. The van der Waals surface area contributed by atoms with Crippen molar-refractivity contribution in [1.82, 2.24) is 0 Å². The summed E-state index contributed by atoms with van der Waals surface area (Å²) in [6.45, 7) is 6.72. The molecule has 0 bridgehead atoms. The van der Waals surface area contributed by atoms with E-state index < -0.39 is 0 Å². The Morgan fingerprint density at radius 3 is 2.11 bits per heavy atom. The Morgan fingerprint density at radius 2 is 1.44 bits per heavy atom. The number of hydrogen-bond donors (Lipinski definition) is 0. The number of rotatable bonds is 1. The van der Waals surface area contributed by atoms with Gasteiger partial charge in [0.1, 0.15) is 0 Å². The SMILES string of the molecule is CC(C)(C)C1=C/C=C(c2ccccc2)\C=C/C=C\1. The highest BCUT2D eigenvalue weighted by Crippen LogP contribution is 2.28. The lowest BCUT2D eigenvalue weighted by Crippen LogP contribution is -2.07. The van der Waals surface area contributed by atoms with Crippen LogP contribution in [-0.2, 0) is 0 Å². The van der Waals surface area contributed by atoms with Crippen LogP contribution in [0.2, 0.25) is 0 Å². The van der Waals surface area contributed by atoms with Crippen molar-refractivity contribution < 1.29 is 0 Å². The first-order chi connectivity index (χ1) is 8.57. The average molecular weight is 236 g/mol. The summed E-state index contributed by atoms with van der Waals surface area (Å²) in [6, 6.07) is 10.5. The van der Waals surface area contributed by atoms with Gasteiger partial charge in [0.2, 0.25) is 0 Å². The average Bonchev–Trinajstić information content (AvgIpc) is 2.28. The first kappa shape index (κ1) is 12.6. The topological polar surface area (TPSA) is 0 Å². The summed E-state index contributed by atoms with van der Waals surface area (Å²) < 4.78 is 0. The van der Waals surface area contributed by atoms with E-state index in [1.54, 1.807) is 0 Å². The molecule has 0 spiro atoms. The van der Waals surface area contributed by atoms with Crippen LogP contribution >= 0.6 is 0 Å². The van der Waals surface area contributed by atoms with E-state index in [1.165, 1.54) is 16.7 Å². The number of hydrogen-bond acceptors (Lipinski definition) is 0. The summed E-state index contributed by atoms with van der Waals surface area (Å²) in [5.74, 6) is 0. The zero-order valence-electron chi connectivity index (χ0n) is 11.4. The van der Waals surface area contributed by atoms with Crippen LogP contribution in [-0.4, -0.2) is 0 Å². The minimum Gasteiger partial charge on any atom is -0.0622 e. The molecule has 1 aromatic carbocycles. The monoisotopic (exact) mass is 236 g/mol. The van der Waals surface area contributed by atoms with E-state index in [4.69, 9.17) is 0 Å². The van der Waals surface area contributed by atoms with Crippen LogP contribution in [0, 0.1) is 5.41 Å². The molecule has 1 aromatic rings. The normalized spacial score (nSPS) is 25.1. The fourth-order valence-corrected chi connectivity index (χ4v) is 1.93. The molecule has 2 rings (SSSR count). The summed E-state index contributed by atoms with van der Waals surface area (Å²) in [5.41, 5.74) is 4.04. The van der Waals surface area contributed by atoms with Crippen LogP contribution < -0.4 is 0 Å². The molecule has 18 heavy (non-hydrogen) atoms. The predicted molar refractivity (Wildman–Crippen MR) is 80.2 cm³/mol. The van der Waals surface area contributed by atoms with Crippen molar-refractivity contribution in [3.8, 4) is 0 Å². The van der Waals surface area contributed by atoms with E-state index in [2.05, 4.69) is 81.5 Å². The quantitative estimate of drug-likeness (QED) is 0.631. The van der Waals surface area contributed by atoms with Gasteiger partial charge in [-0.05, 0) is 22.1 Å². The molecular formula is C18H20. The van der Waals surface area contributed by atoms with Gasteiger partial charge in [-0.25, -0.2) is 0 Å². The smallest absolute Gasteiger partial charge is 0.0132 e. The molecule has 0 aliphatic heterocycles. The molecule has 0 unspecified atom stereocenters. The number of allylic oxidation sites excluding steroid dienone is 8. The maximum Gasteiger partial charge on any atom is -0.0132 e. The molecule has 0 amide bonds. The zero-order valence-corrected chi connectivity index (χ0v) is 11.4. The molecule has 0 nitrogen and oxygen atoms in total. The molecule has 0 radical (unpaired) electrons. The molecule has 1 aliphatic carbocycles. The van der Waals surface area contributed by atoms with E-state index in [0.29, 0.717) is 0 Å². The van der Waals surface area contributed by atoms with Gasteiger partial charge in [0, 0.05) is 0 Å². The first-order valence-corrected chi connectivity index (χ1v) is 6.40. The second-order valence-electron chi connectivity index (χ2n) is 5.58. The van der Waals surface area contributed by atoms with Gasteiger partial charge in [0.25, 0.3) is 0 Å². The van der Waals surface area contributed by atoms with Crippen LogP contribution in [0.4, 0.5) is 0 Å². The Balaban J connectivity index is 2.39.